The van der Waals surface area contributed by atoms with Crippen LogP contribution in [0.2, 0.25) is 0 Å². The van der Waals surface area contributed by atoms with Crippen LogP contribution in [-0.4, -0.2) is 82.0 Å². The number of hydrogen-bond acceptors (Lipinski definition) is 9. The fourth-order valence-corrected chi connectivity index (χ4v) is 5.19. The maximum atomic E-state index is 13.7. The number of oxazole rings is 1. The minimum Gasteiger partial charge on any atom is -0.478 e. The zero-order valence-corrected chi connectivity index (χ0v) is 23.3. The summed E-state index contributed by atoms with van der Waals surface area (Å²) in [5.41, 5.74) is -1.10. The van der Waals surface area contributed by atoms with E-state index in [-0.39, 0.29) is 34.7 Å². The molecule has 2 saturated heterocycles. The van der Waals surface area contributed by atoms with Gasteiger partial charge in [-0.2, -0.15) is 18.2 Å². The van der Waals surface area contributed by atoms with E-state index in [1.54, 1.807) is 15.9 Å². The second kappa shape index (κ2) is 12.3. The highest BCUT2D eigenvalue weighted by Gasteiger charge is 2.42. The van der Waals surface area contributed by atoms with Crippen molar-refractivity contribution in [1.29, 1.82) is 0 Å². The minimum absolute atomic E-state index is 0.0753. The molecule has 228 valence electrons. The second-order valence-corrected chi connectivity index (χ2v) is 10.6. The van der Waals surface area contributed by atoms with Crippen LogP contribution in [0.1, 0.15) is 63.2 Å². The first-order valence-corrected chi connectivity index (χ1v) is 13.8. The predicted molar refractivity (Wildman–Crippen MR) is 148 cm³/mol. The van der Waals surface area contributed by atoms with Gasteiger partial charge in [-0.25, -0.2) is 9.78 Å². The van der Waals surface area contributed by atoms with Gasteiger partial charge in [0.1, 0.15) is 5.82 Å². The summed E-state index contributed by atoms with van der Waals surface area (Å²) in [6.07, 6.45) is 1.31. The number of aromatic carboxylic acids is 1. The van der Waals surface area contributed by atoms with Gasteiger partial charge in [0.25, 0.3) is 17.8 Å². The number of anilines is 3. The Morgan fingerprint density at radius 2 is 1.77 bits per heavy atom. The number of carboxylic acid groups (broad SMARTS) is 1. The summed E-state index contributed by atoms with van der Waals surface area (Å²) in [5, 5.41) is 11.6. The van der Waals surface area contributed by atoms with Gasteiger partial charge in [0.05, 0.1) is 23.0 Å². The Balaban J connectivity index is 1.23. The van der Waals surface area contributed by atoms with Crippen LogP contribution in [0.5, 0.6) is 0 Å². The first kappa shape index (κ1) is 29.8. The Labute approximate surface area is 244 Å². The third-order valence-corrected chi connectivity index (χ3v) is 7.36. The summed E-state index contributed by atoms with van der Waals surface area (Å²) in [5.74, 6) is -2.68. The van der Waals surface area contributed by atoms with E-state index in [0.29, 0.717) is 51.5 Å². The van der Waals surface area contributed by atoms with E-state index in [4.69, 9.17) is 4.42 Å². The molecule has 0 radical (unpaired) electrons. The van der Waals surface area contributed by atoms with Crippen LogP contribution in [0.25, 0.3) is 0 Å². The molecule has 0 saturated carbocycles. The summed E-state index contributed by atoms with van der Waals surface area (Å²) < 4.78 is 46.6. The molecule has 3 aromatic heterocycles. The molecular weight excluding hydrogens is 571 g/mol. The van der Waals surface area contributed by atoms with E-state index >= 15 is 0 Å². The first-order valence-electron chi connectivity index (χ1n) is 13.8. The highest BCUT2D eigenvalue weighted by Crippen LogP contribution is 2.35. The number of carbonyl (C=O) groups is 3. The van der Waals surface area contributed by atoms with Gasteiger partial charge in [-0.05, 0) is 43.4 Å². The number of rotatable bonds is 6. The Kier molecular flexibility index (Phi) is 8.50. The molecule has 2 aliphatic heterocycles. The van der Waals surface area contributed by atoms with Crippen molar-refractivity contribution >= 4 is 35.3 Å². The zero-order chi connectivity index (χ0) is 30.7. The van der Waals surface area contributed by atoms with Crippen molar-refractivity contribution in [3.05, 3.63) is 59.4 Å². The van der Waals surface area contributed by atoms with E-state index in [0.717, 1.165) is 12.8 Å². The Hall–Kier alpha value is -4.69. The lowest BCUT2D eigenvalue weighted by molar-refractivity contribution is -0.141. The van der Waals surface area contributed by atoms with Crippen LogP contribution in [0.15, 0.2) is 41.2 Å². The number of nitrogens with one attached hydrogen (secondary N) is 1. The largest absolute Gasteiger partial charge is 0.478 e. The van der Waals surface area contributed by atoms with Gasteiger partial charge in [-0.15, -0.1) is 0 Å². The standard InChI is InChI=1S/C28H30F3N7O5/c1-17-4-2-7-38(16-17)27-35-23(28(29,30)31)22(43-27)24(39)34-20-5-6-21(33-15-20)36-8-3-9-37(11-10-36)25(40)18-12-19(26(41)42)14-32-13-18/h5-6,12-15,17H,2-4,7-11,16H2,1H3,(H,34,39)(H,41,42). The van der Waals surface area contributed by atoms with Gasteiger partial charge in [-0.1, -0.05) is 6.92 Å². The molecule has 5 rings (SSSR count). The summed E-state index contributed by atoms with van der Waals surface area (Å²) in [6.45, 7) is 4.76. The molecule has 15 heteroatoms. The normalized spacial score (nSPS) is 17.9. The van der Waals surface area contributed by atoms with Crippen molar-refractivity contribution in [2.24, 2.45) is 5.92 Å². The number of carboxylic acids is 1. The highest BCUT2D eigenvalue weighted by atomic mass is 19.4. The number of alkyl halides is 3. The number of aromatic nitrogens is 3. The lowest BCUT2D eigenvalue weighted by Crippen LogP contribution is -2.35. The molecule has 5 heterocycles. The van der Waals surface area contributed by atoms with Gasteiger partial charge < -0.3 is 29.5 Å². The third-order valence-electron chi connectivity index (χ3n) is 7.36. The van der Waals surface area contributed by atoms with Crippen molar-refractivity contribution in [2.75, 3.05) is 54.4 Å². The van der Waals surface area contributed by atoms with Gasteiger partial charge in [0, 0.05) is 51.7 Å². The van der Waals surface area contributed by atoms with E-state index in [1.165, 1.54) is 30.7 Å². The molecule has 2 N–H and O–H groups in total. The smallest absolute Gasteiger partial charge is 0.437 e. The number of piperidine rings is 1. The highest BCUT2D eigenvalue weighted by molar-refractivity contribution is 6.03. The van der Waals surface area contributed by atoms with E-state index in [1.807, 2.05) is 11.8 Å². The molecule has 1 atom stereocenters. The van der Waals surface area contributed by atoms with Crippen LogP contribution in [0.4, 0.5) is 30.7 Å². The number of carbonyl (C=O) groups excluding carboxylic acids is 2. The summed E-state index contributed by atoms with van der Waals surface area (Å²) in [4.78, 5) is 54.1. The van der Waals surface area contributed by atoms with Crippen LogP contribution in [0.3, 0.4) is 0 Å². The fraction of sp³-hybridized carbons (Fsp3) is 0.429. The average molecular weight is 602 g/mol. The number of amides is 2. The molecule has 43 heavy (non-hydrogen) atoms. The van der Waals surface area contributed by atoms with Crippen LogP contribution < -0.4 is 15.1 Å². The molecule has 0 aliphatic carbocycles. The van der Waals surface area contributed by atoms with Crippen molar-refractivity contribution in [1.82, 2.24) is 19.9 Å². The fourth-order valence-electron chi connectivity index (χ4n) is 5.19. The lowest BCUT2D eigenvalue weighted by atomic mass is 10.0. The maximum absolute atomic E-state index is 13.7. The van der Waals surface area contributed by atoms with E-state index in [2.05, 4.69) is 20.3 Å². The molecule has 2 aliphatic rings. The van der Waals surface area contributed by atoms with Crippen molar-refractivity contribution < 1.29 is 37.1 Å². The molecule has 0 aromatic carbocycles. The minimum atomic E-state index is -4.88. The molecule has 2 fully saturated rings. The maximum Gasteiger partial charge on any atom is 0.437 e. The zero-order valence-electron chi connectivity index (χ0n) is 23.3. The molecule has 1 unspecified atom stereocenters. The van der Waals surface area contributed by atoms with E-state index in [9.17, 15) is 32.7 Å². The Bertz CT molecular complexity index is 1490. The van der Waals surface area contributed by atoms with Gasteiger partial charge in [0.2, 0.25) is 5.76 Å². The number of hydrogen-bond donors (Lipinski definition) is 2. The van der Waals surface area contributed by atoms with Crippen molar-refractivity contribution in [3.63, 3.8) is 0 Å². The topological polar surface area (TPSA) is 145 Å². The lowest BCUT2D eigenvalue weighted by Gasteiger charge is -2.29. The second-order valence-electron chi connectivity index (χ2n) is 10.6. The monoisotopic (exact) mass is 601 g/mol. The van der Waals surface area contributed by atoms with Gasteiger partial charge in [0.15, 0.2) is 5.69 Å². The number of halogens is 3. The average Bonchev–Trinajstić information content (AvgIpc) is 3.31. The first-order chi connectivity index (χ1) is 20.5. The molecular formula is C28H30F3N7O5. The summed E-state index contributed by atoms with van der Waals surface area (Å²) in [6, 6.07) is 4.21. The summed E-state index contributed by atoms with van der Waals surface area (Å²) >= 11 is 0. The van der Waals surface area contributed by atoms with Crippen molar-refractivity contribution in [3.8, 4) is 0 Å². The predicted octanol–water partition coefficient (Wildman–Crippen LogP) is 4.02. The van der Waals surface area contributed by atoms with Crippen LogP contribution >= 0.6 is 0 Å². The van der Waals surface area contributed by atoms with E-state index < -0.39 is 29.5 Å². The Morgan fingerprint density at radius 3 is 2.47 bits per heavy atom. The van der Waals surface area contributed by atoms with Crippen LogP contribution in [-0.2, 0) is 6.18 Å². The van der Waals surface area contributed by atoms with Crippen molar-refractivity contribution in [2.45, 2.75) is 32.4 Å². The quantitative estimate of drug-likeness (QED) is 0.425. The van der Waals surface area contributed by atoms with Crippen LogP contribution in [0, 0.1) is 5.92 Å². The summed E-state index contributed by atoms with van der Waals surface area (Å²) in [7, 11) is 0. The molecule has 2 amide bonds. The molecule has 0 spiro atoms. The molecule has 3 aromatic rings. The van der Waals surface area contributed by atoms with Gasteiger partial charge in [-0.3, -0.25) is 14.6 Å². The molecule has 12 nitrogen and oxygen atoms in total. The third kappa shape index (κ3) is 6.87. The number of pyridine rings is 2. The molecule has 0 bridgehead atoms. The SMILES string of the molecule is CC1CCCN(c2nc(C(F)(F)F)c(C(=O)Nc3ccc(N4CCCN(C(=O)c5cncc(C(=O)O)c5)CC4)nc3)o2)C1. The van der Waals surface area contributed by atoms with Gasteiger partial charge >= 0.3 is 12.1 Å². The Morgan fingerprint density at radius 1 is 1.00 bits per heavy atom. The number of nitrogens with zero attached hydrogens (tertiary/aromatic N) is 6.